The molecule has 3 aromatic rings. The number of piperidine rings is 1. The number of nitrogens with one attached hydrogen (secondary N) is 2. The minimum absolute atomic E-state index is 0.0659. The van der Waals surface area contributed by atoms with Gasteiger partial charge in [-0.2, -0.15) is 0 Å². The van der Waals surface area contributed by atoms with Gasteiger partial charge in [-0.1, -0.05) is 11.8 Å². The van der Waals surface area contributed by atoms with E-state index in [9.17, 15) is 9.59 Å². The maximum Gasteiger partial charge on any atom is 0.410 e. The van der Waals surface area contributed by atoms with Crippen LogP contribution in [0.15, 0.2) is 33.0 Å². The molecule has 2 amide bonds. The fourth-order valence-electron chi connectivity index (χ4n) is 4.94. The zero-order chi connectivity index (χ0) is 30.2. The molecule has 12 nitrogen and oxygen atoms in total. The minimum Gasteiger partial charge on any atom is -0.454 e. The van der Waals surface area contributed by atoms with Crippen molar-refractivity contribution < 1.29 is 23.8 Å². The summed E-state index contributed by atoms with van der Waals surface area (Å²) in [6.45, 7) is 9.35. The largest absolute Gasteiger partial charge is 0.454 e. The highest BCUT2D eigenvalue weighted by Crippen LogP contribution is 2.42. The van der Waals surface area contributed by atoms with E-state index in [1.165, 1.54) is 16.7 Å². The van der Waals surface area contributed by atoms with Crippen LogP contribution in [0.2, 0.25) is 0 Å². The minimum atomic E-state index is -0.618. The lowest BCUT2D eigenvalue weighted by atomic mass is 9.93. The fourth-order valence-corrected chi connectivity index (χ4v) is 6.32. The molecule has 1 saturated heterocycles. The number of imidazole rings is 1. The van der Waals surface area contributed by atoms with Gasteiger partial charge >= 0.3 is 6.09 Å². The molecule has 0 spiro atoms. The molecular weight excluding hydrogens is 626 g/mol. The number of halogens is 1. The molecule has 2 aliphatic rings. The highest BCUT2D eigenvalue weighted by Gasteiger charge is 2.32. The number of ether oxygens (including phenoxy) is 3. The number of rotatable bonds is 7. The van der Waals surface area contributed by atoms with E-state index in [-0.39, 0.29) is 18.2 Å². The third kappa shape index (κ3) is 6.69. The van der Waals surface area contributed by atoms with E-state index in [2.05, 4.69) is 25.9 Å². The van der Waals surface area contributed by atoms with Crippen molar-refractivity contribution in [2.45, 2.75) is 75.2 Å². The average Bonchev–Trinajstić information content (AvgIpc) is 3.58. The lowest BCUT2D eigenvalue weighted by Gasteiger charge is -2.36. The molecule has 2 N–H and O–H groups in total. The summed E-state index contributed by atoms with van der Waals surface area (Å²) < 4.78 is 19.2. The molecule has 0 unspecified atom stereocenters. The van der Waals surface area contributed by atoms with Crippen molar-refractivity contribution in [3.63, 3.8) is 0 Å². The van der Waals surface area contributed by atoms with E-state index in [4.69, 9.17) is 24.6 Å². The van der Waals surface area contributed by atoms with Gasteiger partial charge < -0.3 is 28.7 Å². The second-order valence-corrected chi connectivity index (χ2v) is 13.5. The normalized spacial score (nSPS) is 16.1. The van der Waals surface area contributed by atoms with Crippen molar-refractivity contribution in [2.75, 3.05) is 26.9 Å². The quantitative estimate of drug-likeness (QED) is 0.369. The van der Waals surface area contributed by atoms with E-state index in [0.29, 0.717) is 53.4 Å². The summed E-state index contributed by atoms with van der Waals surface area (Å²) in [4.78, 5) is 42.0. The number of aryl methyl sites for hydroxylation is 1. The van der Waals surface area contributed by atoms with Gasteiger partial charge in [0.15, 0.2) is 27.8 Å². The Labute approximate surface area is 256 Å². The van der Waals surface area contributed by atoms with E-state index in [1.54, 1.807) is 41.1 Å². The third-order valence-electron chi connectivity index (χ3n) is 7.46. The van der Waals surface area contributed by atoms with E-state index >= 15 is 0 Å². The molecule has 2 aromatic heterocycles. The molecule has 0 bridgehead atoms. The van der Waals surface area contributed by atoms with Crippen LogP contribution in [-0.2, 0) is 16.1 Å². The molecule has 0 aliphatic carbocycles. The molecule has 226 valence electrons. The molecule has 1 aromatic carbocycles. The summed E-state index contributed by atoms with van der Waals surface area (Å²) in [5.41, 5.74) is 0.789. The molecule has 14 heteroatoms. The number of benzene rings is 1. The number of nitrogens with zero attached hydrogens (tertiary/aromatic N) is 5. The second kappa shape index (κ2) is 12.2. The van der Waals surface area contributed by atoms with Gasteiger partial charge in [0.2, 0.25) is 12.7 Å². The number of likely N-dealkylation sites (tertiary alicyclic amines) is 1. The van der Waals surface area contributed by atoms with E-state index < -0.39 is 17.7 Å². The number of hydrogen-bond donors (Lipinski definition) is 2. The monoisotopic (exact) mass is 661 g/mol. The highest BCUT2D eigenvalue weighted by atomic mass is 79.9. The first-order valence-electron chi connectivity index (χ1n) is 13.9. The summed E-state index contributed by atoms with van der Waals surface area (Å²) >= 11 is 5.03. The van der Waals surface area contributed by atoms with E-state index in [1.807, 2.05) is 21.6 Å². The van der Waals surface area contributed by atoms with Crippen LogP contribution in [0.3, 0.4) is 0 Å². The van der Waals surface area contributed by atoms with Crippen LogP contribution in [0, 0.1) is 11.3 Å². The molecule has 0 radical (unpaired) electrons. The topological polar surface area (TPSA) is 139 Å². The van der Waals surface area contributed by atoms with Gasteiger partial charge in [-0.05, 0) is 80.9 Å². The Kier molecular flexibility index (Phi) is 8.74. The molecule has 2 aliphatic heterocycles. The Hall–Kier alpha value is -3.26. The zero-order valence-electron chi connectivity index (χ0n) is 24.4. The average molecular weight is 663 g/mol. The lowest BCUT2D eigenvalue weighted by Crippen LogP contribution is -2.50. The number of carbonyl (C=O) groups excluding carboxylic acids is 2. The smallest absolute Gasteiger partial charge is 0.410 e. The first-order valence-corrected chi connectivity index (χ1v) is 15.5. The van der Waals surface area contributed by atoms with Crippen LogP contribution in [0.4, 0.5) is 4.79 Å². The van der Waals surface area contributed by atoms with Gasteiger partial charge in [0.1, 0.15) is 17.2 Å². The molecular formula is C28H36BrN7O5S. The Balaban J connectivity index is 1.18. The Morgan fingerprint density at radius 3 is 2.64 bits per heavy atom. The van der Waals surface area contributed by atoms with Crippen molar-refractivity contribution in [3.8, 4) is 11.5 Å². The summed E-state index contributed by atoms with van der Waals surface area (Å²) in [5, 5.41) is 8.95. The number of likely N-dealkylation sites (N-methyl/N-ethyl adjacent to an activating group) is 1. The Morgan fingerprint density at radius 1 is 1.26 bits per heavy atom. The first kappa shape index (κ1) is 30.2. The van der Waals surface area contributed by atoms with Crippen LogP contribution < -0.4 is 15.0 Å². The van der Waals surface area contributed by atoms with Crippen LogP contribution in [0.5, 0.6) is 11.5 Å². The standard InChI is InChI=1S/C28H36BrN7O5S/c1-16(34(5)27(38)41-28(2,3)4)25(37)35-9-6-17(7-10-35)8-11-36-14-31-23(30)22-24(36)33-26(32-22)42-21-13-20-19(12-18(21)29)39-15-40-20/h12-14,16-17,30H,6-11,15H2,1-5H3,(H,32,33)/t16-/m1/s1. The van der Waals surface area contributed by atoms with Gasteiger partial charge in [0.05, 0.1) is 6.33 Å². The first-order chi connectivity index (χ1) is 19.9. The summed E-state index contributed by atoms with van der Waals surface area (Å²) in [5.74, 6) is 1.75. The van der Waals surface area contributed by atoms with E-state index in [0.717, 1.165) is 28.6 Å². The number of amides is 2. The molecule has 0 saturated carbocycles. The Morgan fingerprint density at radius 2 is 1.95 bits per heavy atom. The number of fused-ring (bicyclic) bond motifs is 2. The maximum atomic E-state index is 13.1. The van der Waals surface area contributed by atoms with Gasteiger partial charge in [-0.3, -0.25) is 15.1 Å². The highest BCUT2D eigenvalue weighted by molar-refractivity contribution is 9.10. The molecule has 1 fully saturated rings. The maximum absolute atomic E-state index is 13.1. The van der Waals surface area contributed by atoms with Gasteiger partial charge in [-0.15, -0.1) is 0 Å². The van der Waals surface area contributed by atoms with Crippen molar-refractivity contribution >= 4 is 50.9 Å². The SMILES string of the molecule is C[C@H](C(=O)N1CCC(CCn2cnc(=N)c3[nH]c(Sc4cc5c(cc4Br)OCO5)nc32)CC1)N(C)C(=O)OC(C)(C)C. The third-order valence-corrected chi connectivity index (χ3v) is 9.32. The lowest BCUT2D eigenvalue weighted by molar-refractivity contribution is -0.137. The van der Waals surface area contributed by atoms with Crippen LogP contribution in [0.1, 0.15) is 47.0 Å². The van der Waals surface area contributed by atoms with Crippen molar-refractivity contribution in [2.24, 2.45) is 5.92 Å². The van der Waals surface area contributed by atoms with Crippen molar-refractivity contribution in [3.05, 3.63) is 28.4 Å². The van der Waals surface area contributed by atoms with Crippen LogP contribution >= 0.6 is 27.7 Å². The predicted octanol–water partition coefficient (Wildman–Crippen LogP) is 4.77. The number of carbonyl (C=O) groups is 2. The number of H-pyrrole nitrogens is 1. The molecule has 4 heterocycles. The molecule has 5 rings (SSSR count). The van der Waals surface area contributed by atoms with Gasteiger partial charge in [0, 0.05) is 36.1 Å². The molecule has 1 atom stereocenters. The van der Waals surface area contributed by atoms with Crippen LogP contribution in [0.25, 0.3) is 11.2 Å². The molecule has 42 heavy (non-hydrogen) atoms. The summed E-state index contributed by atoms with van der Waals surface area (Å²) in [7, 11) is 1.60. The zero-order valence-corrected chi connectivity index (χ0v) is 26.8. The summed E-state index contributed by atoms with van der Waals surface area (Å²) in [6, 6.07) is 3.19. The van der Waals surface area contributed by atoms with Gasteiger partial charge in [-0.25, -0.2) is 14.8 Å². The fraction of sp³-hybridized carbons (Fsp3) is 0.536. The predicted molar refractivity (Wildman–Crippen MR) is 160 cm³/mol. The summed E-state index contributed by atoms with van der Waals surface area (Å²) in [6.07, 6.45) is 3.82. The van der Waals surface area contributed by atoms with Crippen LogP contribution in [-0.4, -0.2) is 79.9 Å². The van der Waals surface area contributed by atoms with Gasteiger partial charge in [0.25, 0.3) is 0 Å². The number of aromatic amines is 1. The van der Waals surface area contributed by atoms with Crippen molar-refractivity contribution in [1.82, 2.24) is 29.3 Å². The number of hydrogen-bond acceptors (Lipinski definition) is 9. The Bertz CT molecular complexity index is 1540. The number of aromatic nitrogens is 4. The van der Waals surface area contributed by atoms with Crippen molar-refractivity contribution in [1.29, 1.82) is 5.41 Å². The second-order valence-electron chi connectivity index (χ2n) is 11.6.